The molecular weight excluding hydrogens is 450 g/mol. The number of carbonyl (C=O) groups is 1. The maximum atomic E-state index is 12.8. The zero-order valence-corrected chi connectivity index (χ0v) is 19.5. The fourth-order valence-corrected chi connectivity index (χ4v) is 4.09. The molecule has 0 aliphatic rings. The van der Waals surface area contributed by atoms with Crippen molar-refractivity contribution >= 4 is 27.6 Å². The number of furan rings is 1. The van der Waals surface area contributed by atoms with Gasteiger partial charge < -0.3 is 23.4 Å². The molecule has 0 unspecified atom stereocenters. The first-order chi connectivity index (χ1) is 16.9. The SMILES string of the molecule is COc1ccc2cc(-c3oc4cc(C)oc(=O)c4c3CC(=O)NCCc3nc(C)no3)ccc2c1. The molecule has 0 spiro atoms. The summed E-state index contributed by atoms with van der Waals surface area (Å²) in [7, 11) is 1.62. The van der Waals surface area contributed by atoms with E-state index in [0.29, 0.717) is 47.3 Å². The van der Waals surface area contributed by atoms with Gasteiger partial charge in [0.05, 0.1) is 13.5 Å². The number of hydrogen-bond acceptors (Lipinski definition) is 8. The molecule has 5 aromatic rings. The normalized spacial score (nSPS) is 11.3. The molecule has 1 amide bonds. The molecule has 0 radical (unpaired) electrons. The van der Waals surface area contributed by atoms with Crippen LogP contribution < -0.4 is 15.7 Å². The van der Waals surface area contributed by atoms with Crippen molar-refractivity contribution in [3.63, 3.8) is 0 Å². The van der Waals surface area contributed by atoms with Crippen molar-refractivity contribution in [3.05, 3.63) is 75.9 Å². The number of nitrogens with one attached hydrogen (secondary N) is 1. The summed E-state index contributed by atoms with van der Waals surface area (Å²) in [6, 6.07) is 13.2. The van der Waals surface area contributed by atoms with Crippen LogP contribution in [0.3, 0.4) is 0 Å². The predicted octanol–water partition coefficient (Wildman–Crippen LogP) is 4.12. The van der Waals surface area contributed by atoms with Gasteiger partial charge in [0.15, 0.2) is 5.82 Å². The molecular formula is C26H23N3O6. The van der Waals surface area contributed by atoms with Gasteiger partial charge in [0.2, 0.25) is 11.8 Å². The van der Waals surface area contributed by atoms with E-state index in [1.165, 1.54) is 0 Å². The minimum Gasteiger partial charge on any atom is -0.497 e. The Labute approximate surface area is 199 Å². The van der Waals surface area contributed by atoms with Gasteiger partial charge in [-0.15, -0.1) is 0 Å². The van der Waals surface area contributed by atoms with E-state index in [2.05, 4.69) is 15.5 Å². The first-order valence-corrected chi connectivity index (χ1v) is 11.1. The molecule has 0 bridgehead atoms. The second kappa shape index (κ2) is 9.09. The Hall–Kier alpha value is -4.40. The number of amides is 1. The molecule has 0 saturated heterocycles. The monoisotopic (exact) mass is 473 g/mol. The summed E-state index contributed by atoms with van der Waals surface area (Å²) >= 11 is 0. The van der Waals surface area contributed by atoms with Gasteiger partial charge in [-0.2, -0.15) is 4.98 Å². The largest absolute Gasteiger partial charge is 0.497 e. The lowest BCUT2D eigenvalue weighted by Gasteiger charge is -2.07. The van der Waals surface area contributed by atoms with Crippen LogP contribution in [-0.4, -0.2) is 29.7 Å². The van der Waals surface area contributed by atoms with Crippen molar-refractivity contribution < 1.29 is 22.9 Å². The fraction of sp³-hybridized carbons (Fsp3) is 0.231. The number of fused-ring (bicyclic) bond motifs is 2. The Kier molecular flexibility index (Phi) is 5.82. The van der Waals surface area contributed by atoms with E-state index < -0.39 is 5.63 Å². The lowest BCUT2D eigenvalue weighted by molar-refractivity contribution is -0.120. The number of ether oxygens (including phenoxy) is 1. The van der Waals surface area contributed by atoms with Crippen molar-refractivity contribution in [2.75, 3.05) is 13.7 Å². The molecule has 2 aromatic carbocycles. The average molecular weight is 473 g/mol. The zero-order chi connectivity index (χ0) is 24.5. The molecule has 9 nitrogen and oxygen atoms in total. The van der Waals surface area contributed by atoms with E-state index in [-0.39, 0.29) is 17.7 Å². The molecule has 3 aromatic heterocycles. The van der Waals surface area contributed by atoms with Gasteiger partial charge in [-0.1, -0.05) is 23.4 Å². The first kappa shape index (κ1) is 22.4. The summed E-state index contributed by atoms with van der Waals surface area (Å²) in [5.41, 5.74) is 1.07. The summed E-state index contributed by atoms with van der Waals surface area (Å²) in [6.45, 7) is 3.73. The number of rotatable bonds is 7. The summed E-state index contributed by atoms with van der Waals surface area (Å²) in [4.78, 5) is 29.7. The molecule has 5 rings (SSSR count). The van der Waals surface area contributed by atoms with Crippen LogP contribution in [0.5, 0.6) is 5.75 Å². The van der Waals surface area contributed by atoms with Gasteiger partial charge >= 0.3 is 5.63 Å². The smallest absolute Gasteiger partial charge is 0.347 e. The Morgan fingerprint density at radius 3 is 2.63 bits per heavy atom. The standard InChI is InChI=1S/C26H23N3O6/c1-14-10-21-24(26(31)33-14)20(13-22(30)27-9-8-23-28-15(2)29-35-23)25(34-21)18-5-4-17-12-19(32-3)7-6-16(17)11-18/h4-7,10-12H,8-9,13H2,1-3H3,(H,27,30). The van der Waals surface area contributed by atoms with Crippen LogP contribution in [0.1, 0.15) is 23.0 Å². The lowest BCUT2D eigenvalue weighted by atomic mass is 10.0. The molecule has 3 heterocycles. The van der Waals surface area contributed by atoms with E-state index in [1.54, 1.807) is 27.0 Å². The molecule has 9 heteroatoms. The van der Waals surface area contributed by atoms with E-state index in [4.69, 9.17) is 18.1 Å². The summed E-state index contributed by atoms with van der Waals surface area (Å²) in [5, 5.41) is 8.81. The number of nitrogens with zero attached hydrogens (tertiary/aromatic N) is 2. The Bertz CT molecular complexity index is 1610. The third kappa shape index (κ3) is 4.52. The van der Waals surface area contributed by atoms with Gasteiger partial charge in [-0.05, 0) is 42.8 Å². The van der Waals surface area contributed by atoms with Gasteiger partial charge in [0, 0.05) is 30.2 Å². The third-order valence-electron chi connectivity index (χ3n) is 5.70. The van der Waals surface area contributed by atoms with Gasteiger partial charge in [-0.25, -0.2) is 4.79 Å². The van der Waals surface area contributed by atoms with Crippen LogP contribution in [-0.2, 0) is 17.6 Å². The summed E-state index contributed by atoms with van der Waals surface area (Å²) in [6.07, 6.45) is 0.348. The van der Waals surface area contributed by atoms with E-state index >= 15 is 0 Å². The molecule has 1 N–H and O–H groups in total. The number of carbonyl (C=O) groups excluding carboxylic acids is 1. The number of aromatic nitrogens is 2. The fourth-order valence-electron chi connectivity index (χ4n) is 4.09. The summed E-state index contributed by atoms with van der Waals surface area (Å²) < 4.78 is 21.8. The van der Waals surface area contributed by atoms with Gasteiger partial charge in [0.25, 0.3) is 0 Å². The minimum atomic E-state index is -0.537. The molecule has 178 valence electrons. The van der Waals surface area contributed by atoms with Gasteiger partial charge in [0.1, 0.15) is 28.2 Å². The topological polar surface area (TPSA) is 121 Å². The van der Waals surface area contributed by atoms with Crippen LogP contribution in [0, 0.1) is 13.8 Å². The Morgan fingerprint density at radius 1 is 1.06 bits per heavy atom. The quantitative estimate of drug-likeness (QED) is 0.375. The van der Waals surface area contributed by atoms with Crippen molar-refractivity contribution in [2.24, 2.45) is 0 Å². The predicted molar refractivity (Wildman–Crippen MR) is 128 cm³/mol. The highest BCUT2D eigenvalue weighted by Gasteiger charge is 2.22. The Balaban J connectivity index is 1.49. The molecule has 0 aliphatic carbocycles. The summed E-state index contributed by atoms with van der Waals surface area (Å²) in [5.74, 6) is 2.36. The highest BCUT2D eigenvalue weighted by Crippen LogP contribution is 2.35. The first-order valence-electron chi connectivity index (χ1n) is 11.1. The highest BCUT2D eigenvalue weighted by molar-refractivity contribution is 5.95. The van der Waals surface area contributed by atoms with Crippen molar-refractivity contribution in [1.82, 2.24) is 15.5 Å². The van der Waals surface area contributed by atoms with Gasteiger partial charge in [-0.3, -0.25) is 4.79 Å². The molecule has 0 saturated carbocycles. The van der Waals surface area contributed by atoms with Crippen LogP contribution >= 0.6 is 0 Å². The molecule has 35 heavy (non-hydrogen) atoms. The van der Waals surface area contributed by atoms with E-state index in [9.17, 15) is 9.59 Å². The van der Waals surface area contributed by atoms with Crippen molar-refractivity contribution in [3.8, 4) is 17.1 Å². The molecule has 0 aliphatic heterocycles. The third-order valence-corrected chi connectivity index (χ3v) is 5.70. The molecule has 0 atom stereocenters. The van der Waals surface area contributed by atoms with Crippen LogP contribution in [0.2, 0.25) is 0 Å². The number of hydrogen-bond donors (Lipinski definition) is 1. The maximum Gasteiger partial charge on any atom is 0.347 e. The number of methoxy groups -OCH3 is 1. The van der Waals surface area contributed by atoms with Crippen LogP contribution in [0.25, 0.3) is 33.1 Å². The van der Waals surface area contributed by atoms with Crippen molar-refractivity contribution in [2.45, 2.75) is 26.7 Å². The van der Waals surface area contributed by atoms with Crippen LogP contribution in [0.15, 0.2) is 60.6 Å². The lowest BCUT2D eigenvalue weighted by Crippen LogP contribution is -2.27. The second-order valence-electron chi connectivity index (χ2n) is 8.23. The molecule has 0 fully saturated rings. The maximum absolute atomic E-state index is 12.8. The Morgan fingerprint density at radius 2 is 1.86 bits per heavy atom. The van der Waals surface area contributed by atoms with E-state index in [1.807, 2.05) is 36.4 Å². The number of aryl methyl sites for hydroxylation is 2. The van der Waals surface area contributed by atoms with Crippen molar-refractivity contribution in [1.29, 1.82) is 0 Å². The minimum absolute atomic E-state index is 0.0559. The zero-order valence-electron chi connectivity index (χ0n) is 19.5. The van der Waals surface area contributed by atoms with E-state index in [0.717, 1.165) is 22.1 Å². The van der Waals surface area contributed by atoms with Crippen LogP contribution in [0.4, 0.5) is 0 Å². The average Bonchev–Trinajstić information content (AvgIpc) is 3.41. The number of benzene rings is 2. The second-order valence-corrected chi connectivity index (χ2v) is 8.23. The highest BCUT2D eigenvalue weighted by atomic mass is 16.5.